The summed E-state index contributed by atoms with van der Waals surface area (Å²) in [5, 5.41) is 2.82. The number of rotatable bonds is 4. The number of sulfonamides is 1. The van der Waals surface area contributed by atoms with Crippen LogP contribution in [-0.4, -0.2) is 24.8 Å². The van der Waals surface area contributed by atoms with Crippen LogP contribution in [0, 0.1) is 6.92 Å². The summed E-state index contributed by atoms with van der Waals surface area (Å²) in [7, 11) is -1.86. The van der Waals surface area contributed by atoms with Crippen molar-refractivity contribution in [1.82, 2.24) is 9.29 Å². The van der Waals surface area contributed by atoms with Crippen LogP contribution in [0.3, 0.4) is 0 Å². The predicted octanol–water partition coefficient (Wildman–Crippen LogP) is 2.27. The fourth-order valence-electron chi connectivity index (χ4n) is 1.57. The second kappa shape index (κ2) is 5.17. The lowest BCUT2D eigenvalue weighted by Crippen LogP contribution is -2.26. The maximum Gasteiger partial charge on any atom is 0.243 e. The molecule has 0 fully saturated rings. The zero-order chi connectivity index (χ0) is 13.2. The first-order chi connectivity index (χ1) is 8.50. The van der Waals surface area contributed by atoms with Gasteiger partial charge >= 0.3 is 0 Å². The van der Waals surface area contributed by atoms with E-state index < -0.39 is 10.0 Å². The molecule has 0 amide bonds. The summed E-state index contributed by atoms with van der Waals surface area (Å²) in [5.74, 6) is 0. The van der Waals surface area contributed by atoms with Crippen LogP contribution >= 0.6 is 11.3 Å². The van der Waals surface area contributed by atoms with Gasteiger partial charge in [0, 0.05) is 12.4 Å². The fraction of sp³-hybridized carbons (Fsp3) is 0.250. The van der Waals surface area contributed by atoms with E-state index in [1.54, 1.807) is 37.4 Å². The van der Waals surface area contributed by atoms with Gasteiger partial charge in [-0.3, -0.25) is 0 Å². The van der Waals surface area contributed by atoms with E-state index in [1.807, 2.05) is 12.3 Å². The highest BCUT2D eigenvalue weighted by Crippen LogP contribution is 2.17. The van der Waals surface area contributed by atoms with E-state index in [1.165, 1.54) is 15.6 Å². The Bertz CT molecular complexity index is 621. The van der Waals surface area contributed by atoms with Gasteiger partial charge in [0.05, 0.1) is 22.1 Å². The van der Waals surface area contributed by atoms with Gasteiger partial charge in [0.2, 0.25) is 10.0 Å². The first-order valence-electron chi connectivity index (χ1n) is 5.42. The van der Waals surface area contributed by atoms with Gasteiger partial charge in [-0.25, -0.2) is 13.4 Å². The normalized spacial score (nSPS) is 11.9. The summed E-state index contributed by atoms with van der Waals surface area (Å²) >= 11 is 1.52. The van der Waals surface area contributed by atoms with Gasteiger partial charge in [-0.2, -0.15) is 4.31 Å². The molecule has 0 atom stereocenters. The van der Waals surface area contributed by atoms with E-state index >= 15 is 0 Å². The van der Waals surface area contributed by atoms with Crippen LogP contribution in [0.2, 0.25) is 0 Å². The Morgan fingerprint density at radius 2 is 1.94 bits per heavy atom. The van der Waals surface area contributed by atoms with Crippen molar-refractivity contribution < 1.29 is 8.42 Å². The molecule has 2 aromatic rings. The Hall–Kier alpha value is -1.24. The molecule has 4 nitrogen and oxygen atoms in total. The Balaban J connectivity index is 2.21. The van der Waals surface area contributed by atoms with Crippen molar-refractivity contribution in [2.24, 2.45) is 0 Å². The predicted molar refractivity (Wildman–Crippen MR) is 71.9 cm³/mol. The number of nitrogens with zero attached hydrogens (tertiary/aromatic N) is 2. The van der Waals surface area contributed by atoms with E-state index in [0.29, 0.717) is 11.4 Å². The third kappa shape index (κ3) is 2.77. The Morgan fingerprint density at radius 1 is 1.28 bits per heavy atom. The molecule has 0 unspecified atom stereocenters. The first-order valence-corrected chi connectivity index (χ1v) is 7.74. The number of aromatic nitrogens is 1. The molecular weight excluding hydrogens is 268 g/mol. The highest BCUT2D eigenvalue weighted by Gasteiger charge is 2.21. The lowest BCUT2D eigenvalue weighted by atomic mass is 10.4. The zero-order valence-electron chi connectivity index (χ0n) is 10.2. The van der Waals surface area contributed by atoms with Gasteiger partial charge in [0.15, 0.2) is 0 Å². The molecule has 0 aliphatic heterocycles. The molecule has 0 aliphatic carbocycles. The minimum absolute atomic E-state index is 0.293. The number of thiazole rings is 1. The van der Waals surface area contributed by atoms with E-state index in [2.05, 4.69) is 4.98 Å². The quantitative estimate of drug-likeness (QED) is 0.864. The first kappa shape index (κ1) is 13.2. The lowest BCUT2D eigenvalue weighted by molar-refractivity contribution is 0.463. The topological polar surface area (TPSA) is 50.3 Å². The van der Waals surface area contributed by atoms with Crippen molar-refractivity contribution in [2.75, 3.05) is 7.05 Å². The molecule has 0 saturated carbocycles. The number of benzene rings is 1. The molecule has 18 heavy (non-hydrogen) atoms. The molecule has 0 saturated heterocycles. The monoisotopic (exact) mass is 282 g/mol. The molecule has 96 valence electrons. The van der Waals surface area contributed by atoms with Gasteiger partial charge in [-0.1, -0.05) is 18.2 Å². The standard InChI is InChI=1S/C12H14N2O2S2/c1-10-13-11(9-17-10)8-14(2)18(15,16)12-6-4-3-5-7-12/h3-7,9H,8H2,1-2H3. The molecule has 0 bridgehead atoms. The third-order valence-electron chi connectivity index (χ3n) is 2.50. The number of aryl methyl sites for hydroxylation is 1. The van der Waals surface area contributed by atoms with E-state index in [-0.39, 0.29) is 0 Å². The van der Waals surface area contributed by atoms with Crippen LogP contribution in [0.4, 0.5) is 0 Å². The molecule has 1 aromatic carbocycles. The minimum atomic E-state index is -3.43. The summed E-state index contributed by atoms with van der Waals surface area (Å²) in [6.07, 6.45) is 0. The summed E-state index contributed by atoms with van der Waals surface area (Å²) in [4.78, 5) is 4.58. The molecule has 2 rings (SSSR count). The summed E-state index contributed by atoms with van der Waals surface area (Å²) in [6, 6.07) is 8.42. The van der Waals surface area contributed by atoms with Crippen LogP contribution < -0.4 is 0 Å². The fourth-order valence-corrected chi connectivity index (χ4v) is 3.33. The van der Waals surface area contributed by atoms with Crippen LogP contribution in [0.1, 0.15) is 10.7 Å². The van der Waals surface area contributed by atoms with Gasteiger partial charge in [-0.15, -0.1) is 11.3 Å². The van der Waals surface area contributed by atoms with Crippen molar-refractivity contribution in [3.8, 4) is 0 Å². The molecular formula is C12H14N2O2S2. The van der Waals surface area contributed by atoms with Gasteiger partial charge < -0.3 is 0 Å². The summed E-state index contributed by atoms with van der Waals surface area (Å²) < 4.78 is 25.8. The van der Waals surface area contributed by atoms with Crippen molar-refractivity contribution in [3.63, 3.8) is 0 Å². The van der Waals surface area contributed by atoms with Crippen LogP contribution in [0.25, 0.3) is 0 Å². The van der Waals surface area contributed by atoms with Crippen LogP contribution in [0.5, 0.6) is 0 Å². The van der Waals surface area contributed by atoms with E-state index in [9.17, 15) is 8.42 Å². The van der Waals surface area contributed by atoms with Gasteiger partial charge in [0.1, 0.15) is 0 Å². The molecule has 1 heterocycles. The third-order valence-corrected chi connectivity index (χ3v) is 5.14. The minimum Gasteiger partial charge on any atom is -0.245 e. The maximum absolute atomic E-state index is 12.2. The van der Waals surface area contributed by atoms with Crippen LogP contribution in [-0.2, 0) is 16.6 Å². The summed E-state index contributed by atoms with van der Waals surface area (Å²) in [5.41, 5.74) is 0.777. The molecule has 6 heteroatoms. The molecule has 0 spiro atoms. The van der Waals surface area contributed by atoms with Gasteiger partial charge in [0.25, 0.3) is 0 Å². The van der Waals surface area contributed by atoms with Gasteiger partial charge in [-0.05, 0) is 19.1 Å². The van der Waals surface area contributed by atoms with Crippen LogP contribution in [0.15, 0.2) is 40.6 Å². The Kier molecular flexibility index (Phi) is 3.79. The second-order valence-electron chi connectivity index (χ2n) is 3.93. The largest absolute Gasteiger partial charge is 0.245 e. The number of hydrogen-bond acceptors (Lipinski definition) is 4. The smallest absolute Gasteiger partial charge is 0.243 e. The molecule has 0 N–H and O–H groups in total. The maximum atomic E-state index is 12.2. The van der Waals surface area contributed by atoms with E-state index in [4.69, 9.17) is 0 Å². The Morgan fingerprint density at radius 3 is 2.50 bits per heavy atom. The zero-order valence-corrected chi connectivity index (χ0v) is 11.8. The Labute approximate surface area is 111 Å². The SMILES string of the molecule is Cc1nc(CN(C)S(=O)(=O)c2ccccc2)cs1. The lowest BCUT2D eigenvalue weighted by Gasteiger charge is -2.15. The molecule has 0 radical (unpaired) electrons. The van der Waals surface area contributed by atoms with Crippen molar-refractivity contribution in [1.29, 1.82) is 0 Å². The number of hydrogen-bond donors (Lipinski definition) is 0. The molecule has 0 aliphatic rings. The average molecular weight is 282 g/mol. The highest BCUT2D eigenvalue weighted by molar-refractivity contribution is 7.89. The van der Waals surface area contributed by atoms with Crippen molar-refractivity contribution in [3.05, 3.63) is 46.4 Å². The van der Waals surface area contributed by atoms with E-state index in [0.717, 1.165) is 10.7 Å². The average Bonchev–Trinajstić information content (AvgIpc) is 2.76. The second-order valence-corrected chi connectivity index (χ2v) is 7.04. The van der Waals surface area contributed by atoms with Crippen molar-refractivity contribution in [2.45, 2.75) is 18.4 Å². The molecule has 1 aromatic heterocycles. The van der Waals surface area contributed by atoms with Crippen molar-refractivity contribution >= 4 is 21.4 Å². The summed E-state index contributed by atoms with van der Waals surface area (Å²) in [6.45, 7) is 2.20. The highest BCUT2D eigenvalue weighted by atomic mass is 32.2.